The van der Waals surface area contributed by atoms with Gasteiger partial charge < -0.3 is 10.1 Å². The van der Waals surface area contributed by atoms with Gasteiger partial charge in [-0.25, -0.2) is 4.79 Å². The zero-order chi connectivity index (χ0) is 17.4. The second-order valence-electron chi connectivity index (χ2n) is 5.17. The maximum atomic E-state index is 11.9. The standard InChI is InChI=1S/C19H18ClNO3/c1-14(19(23)21-13-16-5-3-2-4-6-16)24-18(22)12-9-15-7-10-17(20)11-8-15/h2-12,14H,13H2,1H3,(H,21,23)/b12-9+/t14-/m1/s1. The molecule has 0 aromatic heterocycles. The molecule has 2 aromatic rings. The Morgan fingerprint density at radius 1 is 1.12 bits per heavy atom. The zero-order valence-electron chi connectivity index (χ0n) is 13.2. The molecule has 0 unspecified atom stereocenters. The van der Waals surface area contributed by atoms with Crippen molar-refractivity contribution in [3.05, 3.63) is 76.8 Å². The molecule has 1 atom stereocenters. The number of benzene rings is 2. The van der Waals surface area contributed by atoms with E-state index in [1.807, 2.05) is 30.3 Å². The third-order valence-electron chi connectivity index (χ3n) is 3.25. The van der Waals surface area contributed by atoms with Gasteiger partial charge in [-0.1, -0.05) is 54.1 Å². The maximum absolute atomic E-state index is 11.9. The van der Waals surface area contributed by atoms with E-state index in [1.54, 1.807) is 30.3 Å². The van der Waals surface area contributed by atoms with Gasteiger partial charge in [0.25, 0.3) is 5.91 Å². The van der Waals surface area contributed by atoms with Crippen LogP contribution in [0.3, 0.4) is 0 Å². The van der Waals surface area contributed by atoms with Gasteiger partial charge in [0, 0.05) is 17.6 Å². The number of carbonyl (C=O) groups is 2. The number of carbonyl (C=O) groups excluding carboxylic acids is 2. The van der Waals surface area contributed by atoms with Crippen LogP contribution < -0.4 is 5.32 Å². The van der Waals surface area contributed by atoms with Gasteiger partial charge in [-0.15, -0.1) is 0 Å². The van der Waals surface area contributed by atoms with Crippen LogP contribution in [-0.2, 0) is 20.9 Å². The van der Waals surface area contributed by atoms with Crippen LogP contribution in [0.2, 0.25) is 5.02 Å². The number of hydrogen-bond acceptors (Lipinski definition) is 3. The molecule has 0 aliphatic heterocycles. The summed E-state index contributed by atoms with van der Waals surface area (Å²) in [4.78, 5) is 23.7. The molecule has 24 heavy (non-hydrogen) atoms. The summed E-state index contributed by atoms with van der Waals surface area (Å²) in [6.07, 6.45) is 2.02. The van der Waals surface area contributed by atoms with E-state index in [0.29, 0.717) is 11.6 Å². The van der Waals surface area contributed by atoms with Crippen molar-refractivity contribution in [3.63, 3.8) is 0 Å². The number of amides is 1. The predicted octanol–water partition coefficient (Wildman–Crippen LogP) is 3.60. The summed E-state index contributed by atoms with van der Waals surface area (Å²) in [5.74, 6) is -0.917. The first-order chi connectivity index (χ1) is 11.5. The molecule has 0 spiro atoms. The van der Waals surface area contributed by atoms with Gasteiger partial charge in [-0.05, 0) is 36.3 Å². The molecule has 0 saturated heterocycles. The minimum Gasteiger partial charge on any atom is -0.449 e. The summed E-state index contributed by atoms with van der Waals surface area (Å²) in [7, 11) is 0. The van der Waals surface area contributed by atoms with E-state index in [-0.39, 0.29) is 5.91 Å². The highest BCUT2D eigenvalue weighted by molar-refractivity contribution is 6.30. The van der Waals surface area contributed by atoms with Crippen molar-refractivity contribution in [1.82, 2.24) is 5.32 Å². The molecule has 1 N–H and O–H groups in total. The van der Waals surface area contributed by atoms with Crippen molar-refractivity contribution in [2.75, 3.05) is 0 Å². The summed E-state index contributed by atoms with van der Waals surface area (Å²) < 4.78 is 5.08. The highest BCUT2D eigenvalue weighted by atomic mass is 35.5. The first kappa shape index (κ1) is 17.8. The average molecular weight is 344 g/mol. The molecular weight excluding hydrogens is 326 g/mol. The smallest absolute Gasteiger partial charge is 0.331 e. The van der Waals surface area contributed by atoms with E-state index in [0.717, 1.165) is 11.1 Å². The third kappa shape index (κ3) is 5.89. The van der Waals surface area contributed by atoms with Crippen LogP contribution in [0, 0.1) is 0 Å². The van der Waals surface area contributed by atoms with Crippen molar-refractivity contribution in [2.45, 2.75) is 19.6 Å². The van der Waals surface area contributed by atoms with Crippen molar-refractivity contribution in [1.29, 1.82) is 0 Å². The third-order valence-corrected chi connectivity index (χ3v) is 3.51. The Bertz CT molecular complexity index is 711. The Hall–Kier alpha value is -2.59. The summed E-state index contributed by atoms with van der Waals surface area (Å²) in [5, 5.41) is 3.35. The average Bonchev–Trinajstić information content (AvgIpc) is 2.60. The lowest BCUT2D eigenvalue weighted by atomic mass is 10.2. The van der Waals surface area contributed by atoms with Crippen molar-refractivity contribution < 1.29 is 14.3 Å². The van der Waals surface area contributed by atoms with Crippen LogP contribution >= 0.6 is 11.6 Å². The molecule has 0 aliphatic rings. The molecule has 0 aliphatic carbocycles. The zero-order valence-corrected chi connectivity index (χ0v) is 14.0. The van der Waals surface area contributed by atoms with Crippen LogP contribution in [0.25, 0.3) is 6.08 Å². The second-order valence-corrected chi connectivity index (χ2v) is 5.60. The van der Waals surface area contributed by atoms with E-state index < -0.39 is 12.1 Å². The Morgan fingerprint density at radius 3 is 2.46 bits per heavy atom. The molecule has 2 aromatic carbocycles. The fraction of sp³-hybridized carbons (Fsp3) is 0.158. The highest BCUT2D eigenvalue weighted by Crippen LogP contribution is 2.10. The van der Waals surface area contributed by atoms with Crippen LogP contribution in [0.1, 0.15) is 18.1 Å². The summed E-state index contributed by atoms with van der Waals surface area (Å²) in [6.45, 7) is 1.93. The van der Waals surface area contributed by atoms with Crippen LogP contribution in [0.5, 0.6) is 0 Å². The number of rotatable bonds is 6. The van der Waals surface area contributed by atoms with Crippen LogP contribution in [-0.4, -0.2) is 18.0 Å². The molecule has 0 saturated carbocycles. The minimum atomic E-state index is -0.865. The highest BCUT2D eigenvalue weighted by Gasteiger charge is 2.15. The first-order valence-electron chi connectivity index (χ1n) is 7.50. The van der Waals surface area contributed by atoms with Crippen LogP contribution in [0.4, 0.5) is 0 Å². The number of esters is 1. The molecule has 0 fully saturated rings. The molecule has 0 bridgehead atoms. The number of hydrogen-bond donors (Lipinski definition) is 1. The lowest BCUT2D eigenvalue weighted by molar-refractivity contribution is -0.150. The SMILES string of the molecule is C[C@@H](OC(=O)/C=C/c1ccc(Cl)cc1)C(=O)NCc1ccccc1. The fourth-order valence-corrected chi connectivity index (χ4v) is 2.06. The van der Waals surface area contributed by atoms with Crippen LogP contribution in [0.15, 0.2) is 60.7 Å². The van der Waals surface area contributed by atoms with Gasteiger partial charge in [0.2, 0.25) is 0 Å². The van der Waals surface area contributed by atoms with Gasteiger partial charge in [-0.2, -0.15) is 0 Å². The van der Waals surface area contributed by atoms with E-state index in [4.69, 9.17) is 16.3 Å². The quantitative estimate of drug-likeness (QED) is 0.644. The maximum Gasteiger partial charge on any atom is 0.331 e. The van der Waals surface area contributed by atoms with Gasteiger partial charge in [0.1, 0.15) is 0 Å². The first-order valence-corrected chi connectivity index (χ1v) is 7.88. The van der Waals surface area contributed by atoms with E-state index >= 15 is 0 Å². The molecule has 2 rings (SSSR count). The van der Waals surface area contributed by atoms with Gasteiger partial charge in [0.05, 0.1) is 0 Å². The number of ether oxygens (including phenoxy) is 1. The lowest BCUT2D eigenvalue weighted by Crippen LogP contribution is -2.35. The largest absolute Gasteiger partial charge is 0.449 e. The van der Waals surface area contributed by atoms with E-state index in [9.17, 15) is 9.59 Å². The van der Waals surface area contributed by atoms with Crippen molar-refractivity contribution in [3.8, 4) is 0 Å². The van der Waals surface area contributed by atoms with Gasteiger partial charge in [-0.3, -0.25) is 4.79 Å². The van der Waals surface area contributed by atoms with Crippen molar-refractivity contribution in [2.24, 2.45) is 0 Å². The normalized spacial score (nSPS) is 11.9. The molecule has 0 heterocycles. The van der Waals surface area contributed by atoms with E-state index in [1.165, 1.54) is 13.0 Å². The monoisotopic (exact) mass is 343 g/mol. The van der Waals surface area contributed by atoms with E-state index in [2.05, 4.69) is 5.32 Å². The fourth-order valence-electron chi connectivity index (χ4n) is 1.93. The Morgan fingerprint density at radius 2 is 1.79 bits per heavy atom. The van der Waals surface area contributed by atoms with Gasteiger partial charge >= 0.3 is 5.97 Å². The molecule has 1 amide bonds. The number of halogens is 1. The minimum absolute atomic E-state index is 0.341. The molecule has 0 radical (unpaired) electrons. The van der Waals surface area contributed by atoms with Crippen molar-refractivity contribution >= 4 is 29.6 Å². The molecular formula is C19H18ClNO3. The predicted molar refractivity (Wildman–Crippen MR) is 94.3 cm³/mol. The summed E-state index contributed by atoms with van der Waals surface area (Å²) in [6, 6.07) is 16.5. The van der Waals surface area contributed by atoms with Gasteiger partial charge in [0.15, 0.2) is 6.10 Å². The molecule has 5 heteroatoms. The Labute approximate surface area is 146 Å². The summed E-state index contributed by atoms with van der Waals surface area (Å²) >= 11 is 5.79. The number of nitrogens with one attached hydrogen (secondary N) is 1. The second kappa shape index (κ2) is 8.89. The topological polar surface area (TPSA) is 55.4 Å². The Kier molecular flexibility index (Phi) is 6.58. The molecule has 4 nitrogen and oxygen atoms in total. The summed E-state index contributed by atoms with van der Waals surface area (Å²) in [5.41, 5.74) is 1.80. The lowest BCUT2D eigenvalue weighted by Gasteiger charge is -2.12. The Balaban J connectivity index is 1.79. The molecule has 124 valence electrons.